The molecule has 1 unspecified atom stereocenters. The summed E-state index contributed by atoms with van der Waals surface area (Å²) in [5.41, 5.74) is 0.724. The quantitative estimate of drug-likeness (QED) is 0.180. The highest BCUT2D eigenvalue weighted by Gasteiger charge is 2.43. The maximum absolute atomic E-state index is 14.2. The first-order valence-corrected chi connectivity index (χ1v) is 20.2. The third kappa shape index (κ3) is 11.6. The summed E-state index contributed by atoms with van der Waals surface area (Å²) in [7, 11) is 5.92. The Morgan fingerprint density at radius 2 is 1.53 bits per heavy atom. The molecule has 1 aromatic carbocycles. The number of carbonyl (C=O) groups excluding carboxylic acids is 4. The van der Waals surface area contributed by atoms with Crippen molar-refractivity contribution in [3.8, 4) is 0 Å². The van der Waals surface area contributed by atoms with E-state index in [0.29, 0.717) is 25.8 Å². The summed E-state index contributed by atoms with van der Waals surface area (Å²) in [4.78, 5) is 60.2. The lowest BCUT2D eigenvalue weighted by molar-refractivity contribution is -0.148. The highest BCUT2D eigenvalue weighted by atomic mass is 32.2. The first-order valence-electron chi connectivity index (χ1n) is 18.7. The van der Waals surface area contributed by atoms with Gasteiger partial charge in [0.1, 0.15) is 6.04 Å². The first kappa shape index (κ1) is 45.9. The van der Waals surface area contributed by atoms with Crippen molar-refractivity contribution < 1.29 is 37.1 Å². The molecule has 0 radical (unpaired) electrons. The smallest absolute Gasteiger partial charge is 0.264 e. The van der Waals surface area contributed by atoms with Crippen molar-refractivity contribution >= 4 is 39.3 Å². The second kappa shape index (κ2) is 20.4. The number of rotatable bonds is 20. The van der Waals surface area contributed by atoms with Gasteiger partial charge >= 0.3 is 0 Å². The second-order valence-corrected chi connectivity index (χ2v) is 16.9. The van der Waals surface area contributed by atoms with Crippen LogP contribution < -0.4 is 15.4 Å². The Labute approximate surface area is 318 Å². The van der Waals surface area contributed by atoms with Gasteiger partial charge in [0.25, 0.3) is 10.0 Å². The molecule has 1 aliphatic heterocycles. The van der Waals surface area contributed by atoms with Crippen molar-refractivity contribution in [1.82, 2.24) is 24.7 Å². The summed E-state index contributed by atoms with van der Waals surface area (Å²) in [5, 5.41) is 5.94. The summed E-state index contributed by atoms with van der Waals surface area (Å²) in [6, 6.07) is 3.84. The van der Waals surface area contributed by atoms with Crippen molar-refractivity contribution in [3.05, 3.63) is 24.3 Å². The minimum Gasteiger partial charge on any atom is -0.388 e. The fraction of sp³-hybridized carbons (Fsp3) is 0.737. The first-order chi connectivity index (χ1) is 24.8. The van der Waals surface area contributed by atoms with Gasteiger partial charge in [0, 0.05) is 40.5 Å². The molecule has 1 aliphatic rings. The molecule has 14 nitrogen and oxygen atoms in total. The van der Waals surface area contributed by atoms with Crippen LogP contribution in [-0.2, 0) is 38.7 Å². The number of sulfonamides is 1. The average molecular weight is 767 g/mol. The normalized spacial score (nSPS) is 18.9. The molecule has 1 heterocycles. The van der Waals surface area contributed by atoms with E-state index in [-0.39, 0.29) is 46.8 Å². The van der Waals surface area contributed by atoms with E-state index in [0.717, 1.165) is 5.69 Å². The van der Waals surface area contributed by atoms with Crippen LogP contribution in [0.5, 0.6) is 0 Å². The molecule has 0 spiro atoms. The molecule has 53 heavy (non-hydrogen) atoms. The van der Waals surface area contributed by atoms with Crippen molar-refractivity contribution in [2.75, 3.05) is 54.3 Å². The van der Waals surface area contributed by atoms with Crippen LogP contribution in [0.3, 0.4) is 0 Å². The van der Waals surface area contributed by atoms with E-state index >= 15 is 0 Å². The number of hydrogen-bond donors (Lipinski definition) is 3. The highest BCUT2D eigenvalue weighted by Crippen LogP contribution is 2.30. The molecule has 0 aromatic heterocycles. The summed E-state index contributed by atoms with van der Waals surface area (Å²) < 4.78 is 40.0. The van der Waals surface area contributed by atoms with Gasteiger partial charge in [-0.1, -0.05) is 54.9 Å². The average Bonchev–Trinajstić information content (AvgIpc) is 3.59. The van der Waals surface area contributed by atoms with Crippen LogP contribution in [0.1, 0.15) is 74.1 Å². The molecule has 2 rings (SSSR count). The van der Waals surface area contributed by atoms with Gasteiger partial charge in [-0.05, 0) is 69.0 Å². The van der Waals surface area contributed by atoms with Crippen LogP contribution in [0.15, 0.2) is 29.2 Å². The predicted octanol–water partition coefficient (Wildman–Crippen LogP) is 3.18. The summed E-state index contributed by atoms with van der Waals surface area (Å²) >= 11 is 0. The summed E-state index contributed by atoms with van der Waals surface area (Å²) in [6.45, 7) is 13.8. The van der Waals surface area contributed by atoms with Gasteiger partial charge in [0.05, 0.1) is 47.6 Å². The van der Waals surface area contributed by atoms with Gasteiger partial charge in [-0.2, -0.15) is 0 Å². The third-order valence-corrected chi connectivity index (χ3v) is 12.0. The molecule has 1 fully saturated rings. The zero-order valence-corrected chi connectivity index (χ0v) is 35.0. The van der Waals surface area contributed by atoms with Gasteiger partial charge < -0.3 is 29.9 Å². The van der Waals surface area contributed by atoms with Crippen LogP contribution in [-0.4, -0.2) is 132 Å². The molecule has 1 aromatic rings. The zero-order chi connectivity index (χ0) is 40.4. The lowest BCUT2D eigenvalue weighted by atomic mass is 9.89. The number of carbonyl (C=O) groups is 4. The number of nitrogens with one attached hydrogen (secondary N) is 3. The van der Waals surface area contributed by atoms with Crippen LogP contribution in [0, 0.1) is 23.7 Å². The van der Waals surface area contributed by atoms with Gasteiger partial charge in [0.15, 0.2) is 0 Å². The Balaban J connectivity index is 2.29. The molecule has 0 saturated carbocycles. The number of methoxy groups -OCH3 is 2. The van der Waals surface area contributed by atoms with E-state index in [1.54, 1.807) is 43.0 Å². The largest absolute Gasteiger partial charge is 0.388 e. The summed E-state index contributed by atoms with van der Waals surface area (Å²) in [6.07, 6.45) is 0.436. The van der Waals surface area contributed by atoms with Gasteiger partial charge in [-0.3, -0.25) is 24.1 Å². The summed E-state index contributed by atoms with van der Waals surface area (Å²) in [5.74, 6) is -2.59. The Bertz CT molecular complexity index is 1460. The molecule has 4 amide bonds. The number of nitrogens with zero attached hydrogens (tertiary/aromatic N) is 3. The maximum atomic E-state index is 14.2. The number of anilines is 1. The van der Waals surface area contributed by atoms with Crippen LogP contribution >= 0.6 is 0 Å². The van der Waals surface area contributed by atoms with Crippen molar-refractivity contribution in [1.29, 1.82) is 0 Å². The molecule has 0 aliphatic carbocycles. The van der Waals surface area contributed by atoms with Crippen molar-refractivity contribution in [2.45, 2.75) is 115 Å². The van der Waals surface area contributed by atoms with Gasteiger partial charge in [0.2, 0.25) is 23.6 Å². The van der Waals surface area contributed by atoms with E-state index in [1.807, 2.05) is 60.5 Å². The molecular formula is C38H66N6O8S. The number of amides is 4. The van der Waals surface area contributed by atoms with Crippen LogP contribution in [0.4, 0.5) is 5.69 Å². The molecular weight excluding hydrogens is 701 g/mol. The SMILES string of the molecule is CC[C@H](C)[C@@H]([C@@H](CC(=O)N1CCC[C@H]1[C@H](OC)[C@@H](C)C(=O)NS(=O)(=O)c1ccc(NC)cc1)OC)N(C)C(=O)[C@@H](NC(=O)C(C(C)C)N(C)C)C(C)C. The number of hydrogen-bond acceptors (Lipinski definition) is 10. The van der Waals surface area contributed by atoms with E-state index in [1.165, 1.54) is 26.4 Å². The Kier molecular flexibility index (Phi) is 17.7. The minimum atomic E-state index is -4.15. The fourth-order valence-corrected chi connectivity index (χ4v) is 8.56. The lowest BCUT2D eigenvalue weighted by Gasteiger charge is -2.41. The standard InChI is InChI=1S/C38H66N6O8S/c1-14-25(6)34(43(11)38(48)32(23(2)3)40-37(47)33(24(4)5)42(9)10)30(51-12)22-31(45)44-21-15-16-29(44)35(52-13)26(7)36(46)41-53(49,50)28-19-17-27(39-8)18-20-28/h17-20,23-26,29-30,32-35,39H,14-16,21-22H2,1-13H3,(H,40,47)(H,41,46)/t25-,26+,29-,30+,32-,33?,34-,35+/m0/s1. The third-order valence-electron chi connectivity index (χ3n) is 10.6. The van der Waals surface area contributed by atoms with Crippen LogP contribution in [0.2, 0.25) is 0 Å². The maximum Gasteiger partial charge on any atom is 0.264 e. The highest BCUT2D eigenvalue weighted by molar-refractivity contribution is 7.90. The second-order valence-electron chi connectivity index (χ2n) is 15.2. The van der Waals surface area contributed by atoms with Gasteiger partial charge in [-0.25, -0.2) is 13.1 Å². The topological polar surface area (TPSA) is 167 Å². The Hall–Kier alpha value is -3.27. The monoisotopic (exact) mass is 766 g/mol. The minimum absolute atomic E-state index is 0.0290. The number of ether oxygens (including phenoxy) is 2. The van der Waals surface area contributed by atoms with Gasteiger partial charge in [-0.15, -0.1) is 0 Å². The predicted molar refractivity (Wildman–Crippen MR) is 207 cm³/mol. The Morgan fingerprint density at radius 3 is 2.00 bits per heavy atom. The molecule has 0 bridgehead atoms. The van der Waals surface area contributed by atoms with Crippen LogP contribution in [0.25, 0.3) is 0 Å². The number of likely N-dealkylation sites (tertiary alicyclic amines) is 1. The molecule has 302 valence electrons. The number of benzene rings is 1. The molecule has 8 atom stereocenters. The van der Waals surface area contributed by atoms with Crippen molar-refractivity contribution in [3.63, 3.8) is 0 Å². The molecule has 3 N–H and O–H groups in total. The molecule has 1 saturated heterocycles. The van der Waals surface area contributed by atoms with E-state index in [4.69, 9.17) is 9.47 Å². The molecule has 15 heteroatoms. The van der Waals surface area contributed by atoms with E-state index < -0.39 is 58.2 Å². The zero-order valence-electron chi connectivity index (χ0n) is 34.1. The van der Waals surface area contributed by atoms with E-state index in [2.05, 4.69) is 15.4 Å². The van der Waals surface area contributed by atoms with E-state index in [9.17, 15) is 27.6 Å². The van der Waals surface area contributed by atoms with Crippen molar-refractivity contribution in [2.24, 2.45) is 23.7 Å². The number of likely N-dealkylation sites (N-methyl/N-ethyl adjacent to an activating group) is 2. The lowest BCUT2D eigenvalue weighted by Crippen LogP contribution is -2.59. The Morgan fingerprint density at radius 1 is 0.925 bits per heavy atom. The fourth-order valence-electron chi connectivity index (χ4n) is 7.50.